The number of amidine groups is 1. The molecule has 0 atom stereocenters. The van der Waals surface area contributed by atoms with E-state index in [1.807, 2.05) is 31.3 Å². The van der Waals surface area contributed by atoms with Crippen LogP contribution in [0.3, 0.4) is 0 Å². The molecular formula is C24H29N5O2. The largest absolute Gasteiger partial charge is 0.441 e. The minimum absolute atomic E-state index is 0.322. The Balaban J connectivity index is 1.29. The molecule has 7 nitrogen and oxygen atoms in total. The molecular weight excluding hydrogens is 390 g/mol. The van der Waals surface area contributed by atoms with Crippen LogP contribution in [0, 0.1) is 12.8 Å². The van der Waals surface area contributed by atoms with Gasteiger partial charge in [0.15, 0.2) is 17.5 Å². The van der Waals surface area contributed by atoms with E-state index < -0.39 is 0 Å². The molecule has 7 heteroatoms. The number of nitrogens with two attached hydrogens (primary N) is 1. The summed E-state index contributed by atoms with van der Waals surface area (Å²) >= 11 is 0. The number of hydrogen-bond acceptors (Lipinski definition) is 6. The summed E-state index contributed by atoms with van der Waals surface area (Å²) in [6.45, 7) is 3.58. The lowest BCUT2D eigenvalue weighted by molar-refractivity contribution is -0.0740. The van der Waals surface area contributed by atoms with E-state index in [9.17, 15) is 0 Å². The van der Waals surface area contributed by atoms with Gasteiger partial charge in [-0.1, -0.05) is 12.1 Å². The maximum Gasteiger partial charge on any atom is 0.191 e. The van der Waals surface area contributed by atoms with Crippen molar-refractivity contribution < 1.29 is 9.15 Å². The van der Waals surface area contributed by atoms with Gasteiger partial charge >= 0.3 is 0 Å². The number of nitrogens with zero attached hydrogens (tertiary/aromatic N) is 4. The molecule has 2 N–H and O–H groups in total. The number of rotatable bonds is 5. The lowest BCUT2D eigenvalue weighted by Gasteiger charge is -2.42. The topological polar surface area (TPSA) is 89.8 Å². The first-order chi connectivity index (χ1) is 15.1. The van der Waals surface area contributed by atoms with Gasteiger partial charge in [-0.3, -0.25) is 4.90 Å². The molecule has 1 aliphatic heterocycles. The second kappa shape index (κ2) is 8.40. The molecule has 1 aromatic carbocycles. The summed E-state index contributed by atoms with van der Waals surface area (Å²) in [7, 11) is 2.23. The molecule has 0 radical (unpaired) electrons. The number of pyridine rings is 1. The maximum absolute atomic E-state index is 6.42. The van der Waals surface area contributed by atoms with Crippen molar-refractivity contribution in [3.05, 3.63) is 42.5 Å². The highest BCUT2D eigenvalue weighted by Crippen LogP contribution is 2.31. The van der Waals surface area contributed by atoms with Crippen LogP contribution >= 0.6 is 0 Å². The molecule has 3 heterocycles. The fourth-order valence-corrected chi connectivity index (χ4v) is 4.60. The fraction of sp³-hybridized carbons (Fsp3) is 0.458. The minimum Gasteiger partial charge on any atom is -0.441 e. The van der Waals surface area contributed by atoms with Gasteiger partial charge in [-0.05, 0) is 50.2 Å². The third-order valence-electron chi connectivity index (χ3n) is 6.74. The van der Waals surface area contributed by atoms with Crippen LogP contribution in [0.5, 0.6) is 0 Å². The van der Waals surface area contributed by atoms with Gasteiger partial charge < -0.3 is 14.9 Å². The molecule has 2 aromatic heterocycles. The number of aliphatic imine (C=N–C) groups is 1. The van der Waals surface area contributed by atoms with Crippen molar-refractivity contribution in [1.29, 1.82) is 0 Å². The van der Waals surface area contributed by atoms with Crippen LogP contribution in [-0.4, -0.2) is 53.0 Å². The summed E-state index contributed by atoms with van der Waals surface area (Å²) in [5, 5.41) is 2.11. The van der Waals surface area contributed by atoms with Gasteiger partial charge in [0, 0.05) is 36.0 Å². The predicted molar refractivity (Wildman–Crippen MR) is 121 cm³/mol. The average Bonchev–Trinajstić information content (AvgIpc) is 3.18. The second-order valence-corrected chi connectivity index (χ2v) is 8.75. The zero-order valence-electron chi connectivity index (χ0n) is 18.1. The zero-order chi connectivity index (χ0) is 21.4. The number of fused-ring (bicyclic) bond motifs is 1. The van der Waals surface area contributed by atoms with Crippen LogP contribution in [0.4, 0.5) is 5.82 Å². The second-order valence-electron chi connectivity index (χ2n) is 8.75. The third-order valence-corrected chi connectivity index (χ3v) is 6.74. The van der Waals surface area contributed by atoms with Crippen LogP contribution in [-0.2, 0) is 4.74 Å². The number of benzene rings is 1. The normalized spacial score (nSPS) is 22.7. The summed E-state index contributed by atoms with van der Waals surface area (Å²) in [5.74, 6) is 3.09. The Bertz CT molecular complexity index is 1100. The highest BCUT2D eigenvalue weighted by atomic mass is 16.5. The van der Waals surface area contributed by atoms with E-state index in [1.165, 1.54) is 0 Å². The number of likely N-dealkylation sites (N-methyl/N-ethyl adjacent to an activating group) is 1. The summed E-state index contributed by atoms with van der Waals surface area (Å²) in [6.07, 6.45) is 8.04. The lowest BCUT2D eigenvalue weighted by Crippen LogP contribution is -2.52. The van der Waals surface area contributed by atoms with Crippen LogP contribution in [0.1, 0.15) is 31.6 Å². The summed E-state index contributed by atoms with van der Waals surface area (Å²) in [4.78, 5) is 15.9. The average molecular weight is 420 g/mol. The smallest absolute Gasteiger partial charge is 0.191 e. The van der Waals surface area contributed by atoms with Gasteiger partial charge in [-0.15, -0.1) is 0 Å². The molecule has 1 saturated carbocycles. The zero-order valence-corrected chi connectivity index (χ0v) is 18.1. The third kappa shape index (κ3) is 4.20. The Morgan fingerprint density at radius 3 is 2.52 bits per heavy atom. The first kappa shape index (κ1) is 20.2. The molecule has 1 saturated heterocycles. The predicted octanol–water partition coefficient (Wildman–Crippen LogP) is 4.08. The molecule has 3 aromatic rings. The van der Waals surface area contributed by atoms with Crippen molar-refractivity contribution in [3.63, 3.8) is 0 Å². The number of aromatic nitrogens is 2. The van der Waals surface area contributed by atoms with Crippen molar-refractivity contribution in [2.24, 2.45) is 16.6 Å². The van der Waals surface area contributed by atoms with Gasteiger partial charge in [0.2, 0.25) is 0 Å². The molecule has 0 bridgehead atoms. The van der Waals surface area contributed by atoms with Crippen molar-refractivity contribution >= 4 is 22.4 Å². The number of ether oxygens (including phenoxy) is 1. The molecule has 1 aliphatic carbocycles. The van der Waals surface area contributed by atoms with E-state index >= 15 is 0 Å². The molecule has 2 fully saturated rings. The molecule has 0 amide bonds. The fourth-order valence-electron chi connectivity index (χ4n) is 4.60. The van der Waals surface area contributed by atoms with Crippen molar-refractivity contribution in [1.82, 2.24) is 14.9 Å². The molecule has 2 aliphatic rings. The minimum atomic E-state index is 0.322. The van der Waals surface area contributed by atoms with Gasteiger partial charge in [0.25, 0.3) is 0 Å². The first-order valence-corrected chi connectivity index (χ1v) is 11.0. The lowest BCUT2D eigenvalue weighted by atomic mass is 9.84. The van der Waals surface area contributed by atoms with E-state index in [4.69, 9.17) is 14.9 Å². The highest BCUT2D eigenvalue weighted by molar-refractivity contribution is 5.89. The van der Waals surface area contributed by atoms with E-state index in [1.54, 1.807) is 6.20 Å². The number of aryl methyl sites for hydroxylation is 1. The van der Waals surface area contributed by atoms with E-state index in [-0.39, 0.29) is 0 Å². The van der Waals surface area contributed by atoms with Gasteiger partial charge in [0.05, 0.1) is 25.5 Å². The van der Waals surface area contributed by atoms with Crippen LogP contribution in [0.2, 0.25) is 0 Å². The Morgan fingerprint density at radius 2 is 1.84 bits per heavy atom. The molecule has 5 rings (SSSR count). The van der Waals surface area contributed by atoms with Gasteiger partial charge in [-0.2, -0.15) is 0 Å². The summed E-state index contributed by atoms with van der Waals surface area (Å²) < 4.78 is 11.0. The maximum atomic E-state index is 6.42. The monoisotopic (exact) mass is 419 g/mol. The Hall–Kier alpha value is -2.77. The molecule has 0 unspecified atom stereocenters. The van der Waals surface area contributed by atoms with Gasteiger partial charge in [-0.25, -0.2) is 15.0 Å². The summed E-state index contributed by atoms with van der Waals surface area (Å²) in [5.41, 5.74) is 7.41. The number of oxazole rings is 1. The van der Waals surface area contributed by atoms with E-state index in [2.05, 4.69) is 33.0 Å². The van der Waals surface area contributed by atoms with Crippen LogP contribution in [0.25, 0.3) is 22.1 Å². The van der Waals surface area contributed by atoms with Gasteiger partial charge in [0.1, 0.15) is 5.84 Å². The van der Waals surface area contributed by atoms with Crippen LogP contribution in [0.15, 0.2) is 46.1 Å². The number of hydrogen-bond donors (Lipinski definition) is 1. The quantitative estimate of drug-likeness (QED) is 0.495. The Kier molecular flexibility index (Phi) is 5.46. The summed E-state index contributed by atoms with van der Waals surface area (Å²) in [6, 6.07) is 9.33. The van der Waals surface area contributed by atoms with Crippen molar-refractivity contribution in [2.45, 2.75) is 44.7 Å². The van der Waals surface area contributed by atoms with Crippen molar-refractivity contribution in [3.8, 4) is 11.3 Å². The Morgan fingerprint density at radius 1 is 1.03 bits per heavy atom. The molecule has 0 spiro atoms. The Labute approximate surface area is 182 Å². The first-order valence-electron chi connectivity index (χ1n) is 11.0. The van der Waals surface area contributed by atoms with Crippen LogP contribution < -0.4 is 5.73 Å². The SMILES string of the molecule is Cc1ncc(-c2ccc3cnc(N=C(N)C4CCC(N(C)C5COC5)CC4)cc3c2)o1. The van der Waals surface area contributed by atoms with Crippen molar-refractivity contribution in [2.75, 3.05) is 20.3 Å². The standard InChI is InChI=1S/C24H29N5O2/c1-15-26-12-22(31-15)17-3-4-18-11-27-23(10-19(18)9-17)28-24(25)16-5-7-20(8-6-16)29(2)21-13-30-14-21/h3-4,9-12,16,20-21H,5-8,13-14H2,1-2H3,(H2,25,27,28). The van der Waals surface area contributed by atoms with E-state index in [0.29, 0.717) is 35.5 Å². The highest BCUT2D eigenvalue weighted by Gasteiger charge is 2.32. The molecule has 31 heavy (non-hydrogen) atoms. The molecule has 162 valence electrons. The van der Waals surface area contributed by atoms with E-state index in [0.717, 1.165) is 61.0 Å².